The first kappa shape index (κ1) is 7.04. The maximum Gasteiger partial charge on any atom is 0.0448 e. The van der Waals surface area contributed by atoms with E-state index in [4.69, 9.17) is 6.42 Å². The maximum absolute atomic E-state index is 5.03. The van der Waals surface area contributed by atoms with Crippen molar-refractivity contribution in [3.05, 3.63) is 30.3 Å². The third-order valence-electron chi connectivity index (χ3n) is 1.00. The molecular weight excluding hydrogens is 142 g/mol. The fourth-order valence-electron chi connectivity index (χ4n) is 0.595. The summed E-state index contributed by atoms with van der Waals surface area (Å²) in [5, 5.41) is 2.42. The Labute approximate surface area is 65.0 Å². The maximum atomic E-state index is 5.03. The van der Waals surface area contributed by atoms with Gasteiger partial charge in [-0.3, -0.25) is 0 Å². The Balaban J connectivity index is 2.52. The van der Waals surface area contributed by atoms with Gasteiger partial charge in [0, 0.05) is 17.6 Å². The molecule has 0 bridgehead atoms. The molecule has 0 unspecified atom stereocenters. The minimum absolute atomic E-state index is 1.03. The summed E-state index contributed by atoms with van der Waals surface area (Å²) >= 11 is 1.24. The molecule has 0 aliphatic heterocycles. The molecule has 0 atom stereocenters. The van der Waals surface area contributed by atoms with Crippen LogP contribution in [0.4, 0.5) is 5.69 Å². The lowest BCUT2D eigenvalue weighted by Crippen LogP contribution is -1.80. The molecule has 0 saturated carbocycles. The van der Waals surface area contributed by atoms with Gasteiger partial charge in [-0.15, -0.1) is 6.42 Å². The molecule has 1 rings (SSSR count). The lowest BCUT2D eigenvalue weighted by atomic mass is 10.3. The molecule has 0 aliphatic rings. The normalized spacial score (nSPS) is 8.30. The first-order valence-corrected chi connectivity index (χ1v) is 3.67. The van der Waals surface area contributed by atoms with E-state index in [1.807, 2.05) is 30.3 Å². The largest absolute Gasteiger partial charge is 0.319 e. The van der Waals surface area contributed by atoms with E-state index in [2.05, 4.69) is 9.97 Å². The number of para-hydroxylation sites is 1. The van der Waals surface area contributed by atoms with Crippen LogP contribution >= 0.6 is 11.9 Å². The zero-order valence-corrected chi connectivity index (χ0v) is 6.19. The summed E-state index contributed by atoms with van der Waals surface area (Å²) in [6.45, 7) is 0. The Morgan fingerprint density at radius 1 is 1.30 bits per heavy atom. The van der Waals surface area contributed by atoms with E-state index >= 15 is 0 Å². The molecule has 0 aliphatic carbocycles. The molecule has 0 fully saturated rings. The Hall–Kier alpha value is -1.07. The molecule has 0 spiro atoms. The van der Waals surface area contributed by atoms with Gasteiger partial charge in [-0.05, 0) is 17.4 Å². The average Bonchev–Trinajstić information content (AvgIpc) is 2.03. The highest BCUT2D eigenvalue weighted by molar-refractivity contribution is 8.05. The molecular formula is C8H7NS. The summed E-state index contributed by atoms with van der Waals surface area (Å²) in [6, 6.07) is 9.80. The highest BCUT2D eigenvalue weighted by atomic mass is 32.2. The number of nitrogens with one attached hydrogen (secondary N) is 1. The molecule has 10 heavy (non-hydrogen) atoms. The second kappa shape index (κ2) is 3.86. The zero-order valence-electron chi connectivity index (χ0n) is 5.37. The van der Waals surface area contributed by atoms with E-state index in [0.29, 0.717) is 0 Å². The minimum Gasteiger partial charge on any atom is -0.319 e. The van der Waals surface area contributed by atoms with Gasteiger partial charge < -0.3 is 4.72 Å². The van der Waals surface area contributed by atoms with Crippen LogP contribution in [0.2, 0.25) is 0 Å². The van der Waals surface area contributed by atoms with Gasteiger partial charge in [0.1, 0.15) is 0 Å². The van der Waals surface area contributed by atoms with Gasteiger partial charge in [-0.2, -0.15) is 0 Å². The molecule has 1 N–H and O–H groups in total. The van der Waals surface area contributed by atoms with Crippen LogP contribution in [0, 0.1) is 11.7 Å². The second-order valence-corrected chi connectivity index (χ2v) is 2.33. The van der Waals surface area contributed by atoms with E-state index in [-0.39, 0.29) is 0 Å². The lowest BCUT2D eigenvalue weighted by Gasteiger charge is -1.97. The molecule has 0 radical (unpaired) electrons. The van der Waals surface area contributed by atoms with Crippen molar-refractivity contribution in [2.75, 3.05) is 4.72 Å². The van der Waals surface area contributed by atoms with Crippen molar-refractivity contribution < 1.29 is 0 Å². The fraction of sp³-hybridized carbons (Fsp3) is 0. The van der Waals surface area contributed by atoms with Crippen LogP contribution < -0.4 is 4.72 Å². The smallest absolute Gasteiger partial charge is 0.0448 e. The molecule has 1 aromatic rings. The van der Waals surface area contributed by atoms with Crippen molar-refractivity contribution in [1.29, 1.82) is 0 Å². The SMILES string of the molecule is C#CSNc1ccccc1. The Morgan fingerprint density at radius 3 is 2.60 bits per heavy atom. The van der Waals surface area contributed by atoms with Crippen molar-refractivity contribution in [2.45, 2.75) is 0 Å². The highest BCUT2D eigenvalue weighted by Crippen LogP contribution is 2.09. The average molecular weight is 149 g/mol. The van der Waals surface area contributed by atoms with Crippen LogP contribution in [-0.2, 0) is 0 Å². The van der Waals surface area contributed by atoms with E-state index in [1.54, 1.807) is 0 Å². The summed E-state index contributed by atoms with van der Waals surface area (Å²) in [7, 11) is 0. The first-order chi connectivity index (χ1) is 4.93. The fourth-order valence-corrected chi connectivity index (χ4v) is 0.907. The molecule has 0 saturated heterocycles. The number of rotatable bonds is 2. The second-order valence-electron chi connectivity index (χ2n) is 1.69. The molecule has 0 aromatic heterocycles. The van der Waals surface area contributed by atoms with Gasteiger partial charge in [0.25, 0.3) is 0 Å². The third-order valence-corrected chi connectivity index (χ3v) is 1.46. The van der Waals surface area contributed by atoms with E-state index in [1.165, 1.54) is 11.9 Å². The van der Waals surface area contributed by atoms with Gasteiger partial charge in [0.2, 0.25) is 0 Å². The van der Waals surface area contributed by atoms with Crippen LogP contribution in [-0.4, -0.2) is 0 Å². The topological polar surface area (TPSA) is 12.0 Å². The zero-order chi connectivity index (χ0) is 7.23. The monoisotopic (exact) mass is 149 g/mol. The van der Waals surface area contributed by atoms with Gasteiger partial charge in [0.05, 0.1) is 0 Å². The Kier molecular flexibility index (Phi) is 2.72. The predicted molar refractivity (Wildman–Crippen MR) is 46.5 cm³/mol. The number of hydrogen-bond donors (Lipinski definition) is 1. The number of anilines is 1. The molecule has 1 aromatic carbocycles. The number of benzene rings is 1. The third kappa shape index (κ3) is 2.04. The van der Waals surface area contributed by atoms with Crippen LogP contribution in [0.15, 0.2) is 30.3 Å². The van der Waals surface area contributed by atoms with Crippen molar-refractivity contribution in [3.63, 3.8) is 0 Å². The summed E-state index contributed by atoms with van der Waals surface area (Å²) in [5.41, 5.74) is 1.03. The van der Waals surface area contributed by atoms with Gasteiger partial charge in [0.15, 0.2) is 0 Å². The summed E-state index contributed by atoms with van der Waals surface area (Å²) in [5.74, 6) is 0. The minimum atomic E-state index is 1.03. The van der Waals surface area contributed by atoms with Crippen molar-refractivity contribution in [1.82, 2.24) is 0 Å². The van der Waals surface area contributed by atoms with Crippen molar-refractivity contribution in [3.8, 4) is 11.7 Å². The van der Waals surface area contributed by atoms with Crippen LogP contribution in [0.1, 0.15) is 0 Å². The Bertz CT molecular complexity index is 225. The Morgan fingerprint density at radius 2 is 2.00 bits per heavy atom. The summed E-state index contributed by atoms with van der Waals surface area (Å²) in [6.07, 6.45) is 5.03. The molecule has 50 valence electrons. The van der Waals surface area contributed by atoms with Crippen LogP contribution in [0.3, 0.4) is 0 Å². The van der Waals surface area contributed by atoms with Gasteiger partial charge in [-0.25, -0.2) is 0 Å². The van der Waals surface area contributed by atoms with Crippen LogP contribution in [0.25, 0.3) is 0 Å². The van der Waals surface area contributed by atoms with E-state index < -0.39 is 0 Å². The quantitative estimate of drug-likeness (QED) is 0.511. The lowest BCUT2D eigenvalue weighted by molar-refractivity contribution is 1.69. The highest BCUT2D eigenvalue weighted by Gasteiger charge is 1.83. The molecule has 1 nitrogen and oxygen atoms in total. The molecule has 2 heteroatoms. The van der Waals surface area contributed by atoms with E-state index in [0.717, 1.165) is 5.69 Å². The summed E-state index contributed by atoms with van der Waals surface area (Å²) < 4.78 is 2.97. The van der Waals surface area contributed by atoms with Crippen molar-refractivity contribution in [2.24, 2.45) is 0 Å². The van der Waals surface area contributed by atoms with Crippen LogP contribution in [0.5, 0.6) is 0 Å². The molecule has 0 heterocycles. The standard InChI is InChI=1S/C8H7NS/c1-2-10-9-8-6-4-3-5-7-8/h1,3-7,9H. The van der Waals surface area contributed by atoms with Gasteiger partial charge in [-0.1, -0.05) is 18.2 Å². The van der Waals surface area contributed by atoms with Gasteiger partial charge >= 0.3 is 0 Å². The number of terminal acetylenes is 1. The van der Waals surface area contributed by atoms with Crippen molar-refractivity contribution >= 4 is 17.6 Å². The molecule has 0 amide bonds. The summed E-state index contributed by atoms with van der Waals surface area (Å²) in [4.78, 5) is 0. The number of hydrogen-bond acceptors (Lipinski definition) is 2. The van der Waals surface area contributed by atoms with E-state index in [9.17, 15) is 0 Å². The predicted octanol–water partition coefficient (Wildman–Crippen LogP) is 2.34. The first-order valence-electron chi connectivity index (χ1n) is 2.86.